The van der Waals surface area contributed by atoms with Crippen LogP contribution in [0.3, 0.4) is 0 Å². The van der Waals surface area contributed by atoms with E-state index >= 15 is 0 Å². The van der Waals surface area contributed by atoms with Crippen molar-refractivity contribution in [3.63, 3.8) is 0 Å². The summed E-state index contributed by atoms with van der Waals surface area (Å²) in [5.41, 5.74) is 2.10. The van der Waals surface area contributed by atoms with E-state index in [4.69, 9.17) is 0 Å². The van der Waals surface area contributed by atoms with Gasteiger partial charge in [0, 0.05) is 11.7 Å². The molecule has 1 aromatic carbocycles. The fraction of sp³-hybridized carbons (Fsp3) is 0.588. The van der Waals surface area contributed by atoms with Crippen LogP contribution in [0.15, 0.2) is 24.3 Å². The third kappa shape index (κ3) is 2.05. The maximum Gasteiger partial charge on any atom is 0.238 e. The molecular formula is C17H22N2O. The van der Waals surface area contributed by atoms with Gasteiger partial charge in [0.2, 0.25) is 5.91 Å². The molecule has 3 saturated carbocycles. The van der Waals surface area contributed by atoms with Crippen LogP contribution in [0.25, 0.3) is 0 Å². The van der Waals surface area contributed by atoms with Gasteiger partial charge in [-0.2, -0.15) is 0 Å². The number of carbonyl (C=O) groups is 1. The zero-order valence-electron chi connectivity index (χ0n) is 11.9. The molecule has 4 rings (SSSR count). The number of benzene rings is 1. The summed E-state index contributed by atoms with van der Waals surface area (Å²) in [7, 11) is 0. The van der Waals surface area contributed by atoms with Crippen molar-refractivity contribution in [1.29, 1.82) is 0 Å². The Kier molecular flexibility index (Phi) is 2.84. The summed E-state index contributed by atoms with van der Waals surface area (Å²) in [5.74, 6) is 3.78. The highest BCUT2D eigenvalue weighted by molar-refractivity contribution is 5.92. The molecule has 3 aliphatic rings. The Bertz CT molecular complexity index is 508. The van der Waals surface area contributed by atoms with Gasteiger partial charge in [-0.25, -0.2) is 0 Å². The van der Waals surface area contributed by atoms with Crippen LogP contribution in [0.1, 0.15) is 24.8 Å². The standard InChI is InChI=1S/C17H22N2O/c1-10-2-6-13(7-3-10)19-14(20)9-18-17-15-11-4-5-12(8-11)16(15)17/h2-3,6-7,11-12,15-18H,4-5,8-9H2,1H3,(H,19,20). The lowest BCUT2D eigenvalue weighted by Gasteiger charge is -2.11. The normalized spacial score (nSPS) is 36.8. The average Bonchev–Trinajstić information content (AvgIpc) is 2.82. The van der Waals surface area contributed by atoms with Crippen molar-refractivity contribution in [3.8, 4) is 0 Å². The van der Waals surface area contributed by atoms with Gasteiger partial charge < -0.3 is 10.6 Å². The second-order valence-corrected chi connectivity index (χ2v) is 6.81. The van der Waals surface area contributed by atoms with Crippen LogP contribution in [0, 0.1) is 30.6 Å². The van der Waals surface area contributed by atoms with Crippen molar-refractivity contribution in [2.45, 2.75) is 32.2 Å². The number of hydrogen-bond acceptors (Lipinski definition) is 2. The molecule has 0 spiro atoms. The number of fused-ring (bicyclic) bond motifs is 5. The van der Waals surface area contributed by atoms with E-state index in [-0.39, 0.29) is 5.91 Å². The number of anilines is 1. The van der Waals surface area contributed by atoms with E-state index in [0.29, 0.717) is 12.6 Å². The number of hydrogen-bond donors (Lipinski definition) is 2. The molecule has 3 heteroatoms. The highest BCUT2D eigenvalue weighted by Gasteiger charge is 2.64. The number of rotatable bonds is 4. The Balaban J connectivity index is 1.26. The van der Waals surface area contributed by atoms with Crippen molar-refractivity contribution < 1.29 is 4.79 Å². The van der Waals surface area contributed by atoms with Gasteiger partial charge in [-0.05, 0) is 62.0 Å². The van der Waals surface area contributed by atoms with E-state index in [1.165, 1.54) is 24.8 Å². The quantitative estimate of drug-likeness (QED) is 0.883. The Morgan fingerprint density at radius 2 is 1.80 bits per heavy atom. The first kappa shape index (κ1) is 12.4. The smallest absolute Gasteiger partial charge is 0.238 e. The topological polar surface area (TPSA) is 41.1 Å². The molecule has 0 aromatic heterocycles. The van der Waals surface area contributed by atoms with Gasteiger partial charge in [0.15, 0.2) is 0 Å². The summed E-state index contributed by atoms with van der Waals surface area (Å²) in [6.45, 7) is 2.50. The van der Waals surface area contributed by atoms with E-state index in [9.17, 15) is 4.79 Å². The zero-order chi connectivity index (χ0) is 13.7. The van der Waals surface area contributed by atoms with Gasteiger partial charge in [-0.3, -0.25) is 4.79 Å². The SMILES string of the molecule is Cc1ccc(NC(=O)CNC2C3C4CCC(C4)C23)cc1. The molecule has 1 aromatic rings. The van der Waals surface area contributed by atoms with Gasteiger partial charge in [0.05, 0.1) is 6.54 Å². The number of amides is 1. The molecule has 0 radical (unpaired) electrons. The first-order valence-corrected chi connectivity index (χ1v) is 7.82. The summed E-state index contributed by atoms with van der Waals surface area (Å²) in [6, 6.07) is 8.58. The summed E-state index contributed by atoms with van der Waals surface area (Å²) in [5, 5.41) is 6.43. The Labute approximate surface area is 120 Å². The molecule has 0 heterocycles. The molecule has 20 heavy (non-hydrogen) atoms. The lowest BCUT2D eigenvalue weighted by atomic mass is 10.0. The van der Waals surface area contributed by atoms with Gasteiger partial charge in [-0.1, -0.05) is 17.7 Å². The minimum absolute atomic E-state index is 0.0752. The van der Waals surface area contributed by atoms with Crippen LogP contribution in [0.2, 0.25) is 0 Å². The lowest BCUT2D eigenvalue weighted by molar-refractivity contribution is -0.115. The van der Waals surface area contributed by atoms with E-state index in [1.807, 2.05) is 31.2 Å². The van der Waals surface area contributed by atoms with E-state index in [1.54, 1.807) is 0 Å². The summed E-state index contributed by atoms with van der Waals surface area (Å²) < 4.78 is 0. The summed E-state index contributed by atoms with van der Waals surface area (Å²) in [4.78, 5) is 12.0. The largest absolute Gasteiger partial charge is 0.325 e. The van der Waals surface area contributed by atoms with Crippen LogP contribution in [0.5, 0.6) is 0 Å². The number of aryl methyl sites for hydroxylation is 1. The van der Waals surface area contributed by atoms with Gasteiger partial charge in [-0.15, -0.1) is 0 Å². The van der Waals surface area contributed by atoms with Crippen molar-refractivity contribution in [1.82, 2.24) is 5.32 Å². The van der Waals surface area contributed by atoms with Gasteiger partial charge in [0.25, 0.3) is 0 Å². The molecule has 0 saturated heterocycles. The monoisotopic (exact) mass is 270 g/mol. The first-order valence-electron chi connectivity index (χ1n) is 7.82. The highest BCUT2D eigenvalue weighted by atomic mass is 16.1. The first-order chi connectivity index (χ1) is 9.72. The van der Waals surface area contributed by atoms with Crippen molar-refractivity contribution in [2.24, 2.45) is 23.7 Å². The van der Waals surface area contributed by atoms with Crippen LogP contribution in [-0.4, -0.2) is 18.5 Å². The Hall–Kier alpha value is -1.35. The number of nitrogens with one attached hydrogen (secondary N) is 2. The molecule has 3 fully saturated rings. The van der Waals surface area contributed by atoms with E-state index < -0.39 is 0 Å². The highest BCUT2D eigenvalue weighted by Crippen LogP contribution is 2.65. The van der Waals surface area contributed by atoms with Crippen molar-refractivity contribution in [2.75, 3.05) is 11.9 Å². The molecule has 1 amide bonds. The zero-order valence-corrected chi connectivity index (χ0v) is 11.9. The predicted molar refractivity (Wildman–Crippen MR) is 79.4 cm³/mol. The van der Waals surface area contributed by atoms with Crippen LogP contribution < -0.4 is 10.6 Å². The molecule has 3 nitrogen and oxygen atoms in total. The van der Waals surface area contributed by atoms with E-state index in [2.05, 4.69) is 10.6 Å². The molecule has 4 atom stereocenters. The Morgan fingerprint density at radius 3 is 2.45 bits per heavy atom. The maximum absolute atomic E-state index is 12.0. The third-order valence-electron chi connectivity index (χ3n) is 5.57. The van der Waals surface area contributed by atoms with Crippen molar-refractivity contribution in [3.05, 3.63) is 29.8 Å². The minimum Gasteiger partial charge on any atom is -0.325 e. The molecule has 4 unspecified atom stereocenters. The maximum atomic E-state index is 12.0. The number of carbonyl (C=O) groups excluding carboxylic acids is 1. The fourth-order valence-electron chi connectivity index (χ4n) is 4.65. The lowest BCUT2D eigenvalue weighted by Crippen LogP contribution is -2.32. The third-order valence-corrected chi connectivity index (χ3v) is 5.57. The Morgan fingerprint density at radius 1 is 1.15 bits per heavy atom. The van der Waals surface area contributed by atoms with Crippen molar-refractivity contribution >= 4 is 11.6 Å². The van der Waals surface area contributed by atoms with Gasteiger partial charge in [0.1, 0.15) is 0 Å². The molecule has 2 bridgehead atoms. The second-order valence-electron chi connectivity index (χ2n) is 6.81. The molecule has 106 valence electrons. The average molecular weight is 270 g/mol. The second kappa shape index (κ2) is 4.59. The predicted octanol–water partition coefficient (Wildman–Crippen LogP) is 2.57. The van der Waals surface area contributed by atoms with Crippen LogP contribution in [0.4, 0.5) is 5.69 Å². The van der Waals surface area contributed by atoms with Crippen LogP contribution in [-0.2, 0) is 4.79 Å². The molecule has 3 aliphatic carbocycles. The molecular weight excluding hydrogens is 248 g/mol. The molecule has 0 aliphatic heterocycles. The summed E-state index contributed by atoms with van der Waals surface area (Å²) in [6.07, 6.45) is 4.32. The van der Waals surface area contributed by atoms with Crippen LogP contribution >= 0.6 is 0 Å². The van der Waals surface area contributed by atoms with Gasteiger partial charge >= 0.3 is 0 Å². The molecule has 2 N–H and O–H groups in total. The fourth-order valence-corrected chi connectivity index (χ4v) is 4.65. The minimum atomic E-state index is 0.0752. The summed E-state index contributed by atoms with van der Waals surface area (Å²) >= 11 is 0. The van der Waals surface area contributed by atoms with E-state index in [0.717, 1.165) is 29.4 Å².